The number of H-pyrrole nitrogens is 1. The summed E-state index contributed by atoms with van der Waals surface area (Å²) >= 11 is 5.13. The number of halogens is 2. The van der Waals surface area contributed by atoms with Crippen LogP contribution in [0.15, 0.2) is 29.1 Å². The van der Waals surface area contributed by atoms with Crippen molar-refractivity contribution in [3.8, 4) is 17.0 Å². The highest BCUT2D eigenvalue weighted by molar-refractivity contribution is 7.71. The molecule has 114 valence electrons. The van der Waals surface area contributed by atoms with Gasteiger partial charge < -0.3 is 15.0 Å². The van der Waals surface area contributed by atoms with E-state index in [1.807, 2.05) is 0 Å². The minimum Gasteiger partial charge on any atom is -0.496 e. The molecule has 0 spiro atoms. The Morgan fingerprint density at radius 1 is 1.43 bits per heavy atom. The van der Waals surface area contributed by atoms with E-state index in [0.29, 0.717) is 30.1 Å². The van der Waals surface area contributed by atoms with Crippen molar-refractivity contribution in [3.05, 3.63) is 45.2 Å². The van der Waals surface area contributed by atoms with Gasteiger partial charge in [0.2, 0.25) is 0 Å². The number of nitrogens with zero attached hydrogens (tertiary/aromatic N) is 1. The third-order valence-corrected chi connectivity index (χ3v) is 3.15. The van der Waals surface area contributed by atoms with Crippen molar-refractivity contribution in [1.82, 2.24) is 9.55 Å². The third-order valence-electron chi connectivity index (χ3n) is 2.83. The maximum Gasteiger partial charge on any atom is 0.252 e. The molecular formula is C13H15ClFN3O2S. The molecule has 8 heteroatoms. The largest absolute Gasteiger partial charge is 0.496 e. The zero-order valence-electron chi connectivity index (χ0n) is 11.3. The van der Waals surface area contributed by atoms with Gasteiger partial charge in [-0.2, -0.15) is 0 Å². The lowest BCUT2D eigenvalue weighted by Crippen LogP contribution is -2.19. The van der Waals surface area contributed by atoms with Gasteiger partial charge in [0, 0.05) is 30.8 Å². The van der Waals surface area contributed by atoms with E-state index < -0.39 is 5.82 Å². The summed E-state index contributed by atoms with van der Waals surface area (Å²) in [5.41, 5.74) is 6.36. The normalized spacial score (nSPS) is 10.0. The Balaban J connectivity index is 0.00000220. The first-order chi connectivity index (χ1) is 9.56. The van der Waals surface area contributed by atoms with Crippen molar-refractivity contribution in [1.29, 1.82) is 0 Å². The van der Waals surface area contributed by atoms with Gasteiger partial charge >= 0.3 is 0 Å². The Morgan fingerprint density at radius 3 is 2.76 bits per heavy atom. The number of aromatic nitrogens is 2. The summed E-state index contributed by atoms with van der Waals surface area (Å²) in [6.45, 7) is 0.794. The molecular weight excluding hydrogens is 317 g/mol. The topological polar surface area (TPSA) is 73.0 Å². The van der Waals surface area contributed by atoms with Crippen molar-refractivity contribution in [2.45, 2.75) is 6.54 Å². The number of aromatic amines is 1. The molecule has 0 unspecified atom stereocenters. The lowest BCUT2D eigenvalue weighted by atomic mass is 10.1. The Hall–Kier alpha value is -1.70. The van der Waals surface area contributed by atoms with Gasteiger partial charge in [-0.25, -0.2) is 4.39 Å². The maximum absolute atomic E-state index is 13.3. The molecule has 0 aliphatic heterocycles. The Bertz CT molecular complexity index is 745. The molecule has 1 aromatic carbocycles. The number of benzene rings is 1. The summed E-state index contributed by atoms with van der Waals surface area (Å²) in [5.74, 6) is -0.0878. The van der Waals surface area contributed by atoms with Gasteiger partial charge in [0.05, 0.1) is 12.8 Å². The van der Waals surface area contributed by atoms with E-state index in [0.717, 1.165) is 0 Å². The molecule has 0 saturated carbocycles. The number of rotatable bonds is 4. The van der Waals surface area contributed by atoms with Crippen LogP contribution in [0, 0.1) is 10.6 Å². The highest BCUT2D eigenvalue weighted by Crippen LogP contribution is 2.29. The lowest BCUT2D eigenvalue weighted by Gasteiger charge is -2.15. The molecule has 0 aliphatic rings. The molecule has 3 N–H and O–H groups in total. The van der Waals surface area contributed by atoms with Gasteiger partial charge in [-0.05, 0) is 24.4 Å². The molecule has 0 atom stereocenters. The predicted molar refractivity (Wildman–Crippen MR) is 84.1 cm³/mol. The van der Waals surface area contributed by atoms with Crippen molar-refractivity contribution in [3.63, 3.8) is 0 Å². The molecule has 2 rings (SSSR count). The Kier molecular flexibility index (Phi) is 6.07. The van der Waals surface area contributed by atoms with E-state index in [1.165, 1.54) is 25.3 Å². The first-order valence-electron chi connectivity index (χ1n) is 5.95. The van der Waals surface area contributed by atoms with E-state index in [9.17, 15) is 9.18 Å². The second-order valence-corrected chi connectivity index (χ2v) is 4.50. The summed E-state index contributed by atoms with van der Waals surface area (Å²) in [5, 5.41) is 0. The monoisotopic (exact) mass is 331 g/mol. The zero-order chi connectivity index (χ0) is 14.7. The van der Waals surface area contributed by atoms with E-state index in [2.05, 4.69) is 4.98 Å². The maximum atomic E-state index is 13.3. The third kappa shape index (κ3) is 3.69. The smallest absolute Gasteiger partial charge is 0.252 e. The van der Waals surface area contributed by atoms with Crippen LogP contribution in [-0.4, -0.2) is 23.2 Å². The van der Waals surface area contributed by atoms with Gasteiger partial charge in [-0.15, -0.1) is 12.4 Å². The van der Waals surface area contributed by atoms with Crippen molar-refractivity contribution in [2.75, 3.05) is 13.7 Å². The number of hydrogen-bond donors (Lipinski definition) is 2. The molecule has 0 fully saturated rings. The number of methoxy groups -OCH3 is 1. The first kappa shape index (κ1) is 17.4. The minimum atomic E-state index is -0.417. The van der Waals surface area contributed by atoms with Gasteiger partial charge in [-0.3, -0.25) is 9.78 Å². The molecule has 1 heterocycles. The Labute approximate surface area is 132 Å². The molecule has 0 amide bonds. The molecule has 2 aromatic rings. The zero-order valence-corrected chi connectivity index (χ0v) is 12.9. The van der Waals surface area contributed by atoms with Crippen LogP contribution in [0.1, 0.15) is 0 Å². The van der Waals surface area contributed by atoms with Crippen molar-refractivity contribution >= 4 is 24.6 Å². The molecule has 0 saturated heterocycles. The number of nitrogens with two attached hydrogens (primary N) is 1. The SMILES string of the molecule is COc1cc(F)ccc1-c1cc(=O)[nH]c(=S)n1CCN.Cl. The van der Waals surface area contributed by atoms with Crippen LogP contribution < -0.4 is 16.0 Å². The average molecular weight is 332 g/mol. The standard InChI is InChI=1S/C13H14FN3O2S.ClH/c1-19-11-6-8(14)2-3-9(11)10-7-12(18)16-13(20)17(10)5-4-15;/h2-3,6-7H,4-5,15H2,1H3,(H,16,18,20);1H. The van der Waals surface area contributed by atoms with E-state index in [-0.39, 0.29) is 22.7 Å². The number of nitrogens with one attached hydrogen (secondary N) is 1. The van der Waals surface area contributed by atoms with Gasteiger partial charge in [0.1, 0.15) is 11.6 Å². The molecule has 5 nitrogen and oxygen atoms in total. The molecule has 21 heavy (non-hydrogen) atoms. The van der Waals surface area contributed by atoms with Crippen LogP contribution in [0.25, 0.3) is 11.3 Å². The van der Waals surface area contributed by atoms with Gasteiger partial charge in [0.25, 0.3) is 5.56 Å². The van der Waals surface area contributed by atoms with Crippen LogP contribution in [-0.2, 0) is 6.54 Å². The van der Waals surface area contributed by atoms with E-state index in [1.54, 1.807) is 10.6 Å². The molecule has 0 bridgehead atoms. The fraction of sp³-hybridized carbons (Fsp3) is 0.231. The summed E-state index contributed by atoms with van der Waals surface area (Å²) in [6, 6.07) is 5.49. The first-order valence-corrected chi connectivity index (χ1v) is 6.35. The predicted octanol–water partition coefficient (Wildman–Crippen LogP) is 2.10. The van der Waals surface area contributed by atoms with E-state index >= 15 is 0 Å². The van der Waals surface area contributed by atoms with Gasteiger partial charge in [0.15, 0.2) is 4.77 Å². The van der Waals surface area contributed by atoms with Crippen molar-refractivity contribution in [2.24, 2.45) is 5.73 Å². The number of ether oxygens (including phenoxy) is 1. The molecule has 1 aromatic heterocycles. The van der Waals surface area contributed by atoms with Crippen LogP contribution in [0.5, 0.6) is 5.75 Å². The highest BCUT2D eigenvalue weighted by atomic mass is 35.5. The summed E-state index contributed by atoms with van der Waals surface area (Å²) in [6.07, 6.45) is 0. The van der Waals surface area contributed by atoms with Crippen LogP contribution in [0.2, 0.25) is 0 Å². The Morgan fingerprint density at radius 2 is 2.14 bits per heavy atom. The van der Waals surface area contributed by atoms with Crippen LogP contribution in [0.3, 0.4) is 0 Å². The van der Waals surface area contributed by atoms with Crippen molar-refractivity contribution < 1.29 is 9.13 Å². The van der Waals surface area contributed by atoms with E-state index in [4.69, 9.17) is 22.7 Å². The number of hydrogen-bond acceptors (Lipinski definition) is 4. The average Bonchev–Trinajstić information content (AvgIpc) is 2.41. The molecule has 0 aliphatic carbocycles. The fourth-order valence-electron chi connectivity index (χ4n) is 1.97. The van der Waals surface area contributed by atoms with Gasteiger partial charge in [-0.1, -0.05) is 0 Å². The fourth-order valence-corrected chi connectivity index (χ4v) is 2.26. The van der Waals surface area contributed by atoms with Crippen LogP contribution in [0.4, 0.5) is 4.39 Å². The second-order valence-electron chi connectivity index (χ2n) is 4.11. The van der Waals surface area contributed by atoms with Crippen LogP contribution >= 0.6 is 24.6 Å². The lowest BCUT2D eigenvalue weighted by molar-refractivity contribution is 0.412. The molecule has 0 radical (unpaired) electrons. The summed E-state index contributed by atoms with van der Waals surface area (Å²) in [7, 11) is 1.44. The summed E-state index contributed by atoms with van der Waals surface area (Å²) in [4.78, 5) is 14.2. The minimum absolute atomic E-state index is 0. The summed E-state index contributed by atoms with van der Waals surface area (Å²) < 4.78 is 20.4. The quantitative estimate of drug-likeness (QED) is 0.842. The second kappa shape index (κ2) is 7.35. The highest BCUT2D eigenvalue weighted by Gasteiger charge is 2.12.